The minimum atomic E-state index is -1.15. The second kappa shape index (κ2) is 7.59. The van der Waals surface area contributed by atoms with Crippen LogP contribution in [0.5, 0.6) is 0 Å². The minimum Gasteiger partial charge on any atom is -0.478 e. The van der Waals surface area contributed by atoms with Gasteiger partial charge >= 0.3 is 5.97 Å². The van der Waals surface area contributed by atoms with Crippen molar-refractivity contribution in [2.24, 2.45) is 5.73 Å². The number of carboxylic acid groups (broad SMARTS) is 1. The van der Waals surface area contributed by atoms with E-state index in [1.807, 2.05) is 18.2 Å². The first-order valence-corrected chi connectivity index (χ1v) is 10.0. The quantitative estimate of drug-likeness (QED) is 0.721. The zero-order valence-electron chi connectivity index (χ0n) is 17.9. The van der Waals surface area contributed by atoms with Gasteiger partial charge in [0.15, 0.2) is 0 Å². The maximum atomic E-state index is 13.0. The van der Waals surface area contributed by atoms with Gasteiger partial charge in [-0.25, -0.2) is 4.79 Å². The summed E-state index contributed by atoms with van der Waals surface area (Å²) < 4.78 is 0. The third-order valence-electron chi connectivity index (χ3n) is 6.04. The summed E-state index contributed by atoms with van der Waals surface area (Å²) in [6.45, 7) is 8.75. The lowest BCUT2D eigenvalue weighted by Crippen LogP contribution is -2.35. The van der Waals surface area contributed by atoms with Gasteiger partial charge in [-0.15, -0.1) is 0 Å². The number of benzene rings is 2. The third-order valence-corrected chi connectivity index (χ3v) is 6.04. The molecular formula is C24H28N2O4. The smallest absolute Gasteiger partial charge is 0.337 e. The summed E-state index contributed by atoms with van der Waals surface area (Å²) in [4.78, 5) is 37.6. The number of fused-ring (bicyclic) bond motifs is 1. The van der Waals surface area contributed by atoms with Crippen LogP contribution in [0.4, 0.5) is 11.4 Å². The molecule has 0 saturated carbocycles. The van der Waals surface area contributed by atoms with E-state index in [0.29, 0.717) is 5.69 Å². The van der Waals surface area contributed by atoms with E-state index in [2.05, 4.69) is 27.7 Å². The Kier molecular flexibility index (Phi) is 5.46. The van der Waals surface area contributed by atoms with Gasteiger partial charge in [0.1, 0.15) is 6.42 Å². The molecule has 6 nitrogen and oxygen atoms in total. The Bertz CT molecular complexity index is 1020. The molecule has 0 atom stereocenters. The number of hydrogen-bond donors (Lipinski definition) is 2. The van der Waals surface area contributed by atoms with E-state index < -0.39 is 24.2 Å². The number of primary amides is 1. The van der Waals surface area contributed by atoms with Crippen LogP contribution in [0, 0.1) is 0 Å². The molecule has 0 saturated heterocycles. The first kappa shape index (κ1) is 21.6. The topological polar surface area (TPSA) is 101 Å². The molecule has 2 aromatic carbocycles. The first-order valence-electron chi connectivity index (χ1n) is 10.0. The van der Waals surface area contributed by atoms with Crippen LogP contribution in [0.2, 0.25) is 0 Å². The summed E-state index contributed by atoms with van der Waals surface area (Å²) in [5, 5.41) is 9.64. The molecule has 1 aliphatic carbocycles. The van der Waals surface area contributed by atoms with Crippen LogP contribution in [0.25, 0.3) is 0 Å². The Labute approximate surface area is 176 Å². The fourth-order valence-electron chi connectivity index (χ4n) is 4.21. The summed E-state index contributed by atoms with van der Waals surface area (Å²) in [6.07, 6.45) is 1.54. The fourth-order valence-corrected chi connectivity index (χ4v) is 4.21. The summed E-state index contributed by atoms with van der Waals surface area (Å²) in [5.41, 5.74) is 8.25. The molecule has 0 aliphatic heterocycles. The van der Waals surface area contributed by atoms with Crippen molar-refractivity contribution in [3.63, 3.8) is 0 Å². The number of aromatic carboxylic acids is 1. The molecule has 0 bridgehead atoms. The summed E-state index contributed by atoms with van der Waals surface area (Å²) in [6, 6.07) is 12.1. The van der Waals surface area contributed by atoms with Gasteiger partial charge in [0.25, 0.3) is 0 Å². The average molecular weight is 408 g/mol. The van der Waals surface area contributed by atoms with Crippen LogP contribution in [0.3, 0.4) is 0 Å². The van der Waals surface area contributed by atoms with Crippen LogP contribution in [0.15, 0.2) is 42.5 Å². The van der Waals surface area contributed by atoms with Gasteiger partial charge in [0.2, 0.25) is 11.8 Å². The second-order valence-corrected chi connectivity index (χ2v) is 9.19. The molecule has 6 heteroatoms. The third kappa shape index (κ3) is 3.95. The average Bonchev–Trinajstić information content (AvgIpc) is 2.65. The predicted molar refractivity (Wildman–Crippen MR) is 116 cm³/mol. The second-order valence-electron chi connectivity index (χ2n) is 9.19. The number of para-hydroxylation sites is 1. The molecule has 0 aromatic heterocycles. The maximum absolute atomic E-state index is 13.0. The molecule has 3 rings (SSSR count). The molecule has 0 radical (unpaired) electrons. The van der Waals surface area contributed by atoms with Crippen molar-refractivity contribution in [3.8, 4) is 0 Å². The van der Waals surface area contributed by atoms with Crippen molar-refractivity contribution in [2.75, 3.05) is 4.90 Å². The molecule has 0 heterocycles. The van der Waals surface area contributed by atoms with Crippen LogP contribution < -0.4 is 10.6 Å². The highest BCUT2D eigenvalue weighted by molar-refractivity contribution is 6.11. The van der Waals surface area contributed by atoms with Gasteiger partial charge in [-0.3, -0.25) is 14.5 Å². The minimum absolute atomic E-state index is 0.00438. The van der Waals surface area contributed by atoms with Crippen molar-refractivity contribution in [3.05, 3.63) is 59.2 Å². The number of amides is 2. The highest BCUT2D eigenvalue weighted by atomic mass is 16.4. The zero-order chi connectivity index (χ0) is 22.3. The molecule has 0 spiro atoms. The lowest BCUT2D eigenvalue weighted by molar-refractivity contribution is -0.125. The van der Waals surface area contributed by atoms with Crippen molar-refractivity contribution < 1.29 is 19.5 Å². The Morgan fingerprint density at radius 2 is 1.57 bits per heavy atom. The Morgan fingerprint density at radius 3 is 2.17 bits per heavy atom. The SMILES string of the molecule is CC1(C)CCC(C)(C)c2cc(N(C(=O)CC(N)=O)c3ccccc3C(=O)O)ccc21. The van der Waals surface area contributed by atoms with Gasteiger partial charge in [-0.2, -0.15) is 0 Å². The number of nitrogens with zero attached hydrogens (tertiary/aromatic N) is 1. The molecule has 2 amide bonds. The molecule has 3 N–H and O–H groups in total. The maximum Gasteiger partial charge on any atom is 0.337 e. The van der Waals surface area contributed by atoms with Gasteiger partial charge in [-0.1, -0.05) is 45.9 Å². The van der Waals surface area contributed by atoms with Crippen molar-refractivity contribution in [2.45, 2.75) is 57.8 Å². The van der Waals surface area contributed by atoms with E-state index in [9.17, 15) is 19.5 Å². The summed E-state index contributed by atoms with van der Waals surface area (Å²) in [5.74, 6) is -2.48. The molecule has 2 aromatic rings. The van der Waals surface area contributed by atoms with E-state index in [4.69, 9.17) is 5.73 Å². The molecule has 158 valence electrons. The molecule has 1 aliphatic rings. The van der Waals surface area contributed by atoms with Crippen LogP contribution in [0.1, 0.15) is 68.4 Å². The van der Waals surface area contributed by atoms with E-state index in [0.717, 1.165) is 18.4 Å². The molecular weight excluding hydrogens is 380 g/mol. The number of carboxylic acids is 1. The summed E-state index contributed by atoms with van der Waals surface area (Å²) in [7, 11) is 0. The van der Waals surface area contributed by atoms with Gasteiger partial charge in [0, 0.05) is 5.69 Å². The van der Waals surface area contributed by atoms with Crippen molar-refractivity contribution >= 4 is 29.2 Å². The normalized spacial score (nSPS) is 16.4. The Morgan fingerprint density at radius 1 is 0.967 bits per heavy atom. The van der Waals surface area contributed by atoms with Crippen LogP contribution >= 0.6 is 0 Å². The zero-order valence-corrected chi connectivity index (χ0v) is 17.9. The monoisotopic (exact) mass is 408 g/mol. The van der Waals surface area contributed by atoms with Crippen molar-refractivity contribution in [1.29, 1.82) is 0 Å². The standard InChI is InChI=1S/C24H28N2O4/c1-23(2)11-12-24(3,4)18-13-15(9-10-17(18)23)26(21(28)14-20(25)27)19-8-6-5-7-16(19)22(29)30/h5-10,13H,11-12,14H2,1-4H3,(H2,25,27)(H,29,30). The highest BCUT2D eigenvalue weighted by Crippen LogP contribution is 2.47. The van der Waals surface area contributed by atoms with E-state index in [1.165, 1.54) is 16.5 Å². The van der Waals surface area contributed by atoms with E-state index in [1.54, 1.807) is 18.2 Å². The number of hydrogen-bond acceptors (Lipinski definition) is 3. The van der Waals surface area contributed by atoms with E-state index in [-0.39, 0.29) is 22.1 Å². The lowest BCUT2D eigenvalue weighted by atomic mass is 9.63. The Hall–Kier alpha value is -3.15. The fraction of sp³-hybridized carbons (Fsp3) is 0.375. The predicted octanol–water partition coefficient (Wildman–Crippen LogP) is 4.27. The summed E-state index contributed by atoms with van der Waals surface area (Å²) >= 11 is 0. The number of anilines is 2. The number of carbonyl (C=O) groups is 3. The van der Waals surface area contributed by atoms with Crippen molar-refractivity contribution in [1.82, 2.24) is 0 Å². The lowest BCUT2D eigenvalue weighted by Gasteiger charge is -2.42. The largest absolute Gasteiger partial charge is 0.478 e. The molecule has 30 heavy (non-hydrogen) atoms. The molecule has 0 fully saturated rings. The highest BCUT2D eigenvalue weighted by Gasteiger charge is 2.37. The Balaban J connectivity index is 2.23. The first-order chi connectivity index (χ1) is 13.9. The van der Waals surface area contributed by atoms with Gasteiger partial charge in [-0.05, 0) is 59.1 Å². The number of rotatable bonds is 5. The number of carbonyl (C=O) groups excluding carboxylic acids is 2. The van der Waals surface area contributed by atoms with Crippen LogP contribution in [-0.2, 0) is 20.4 Å². The molecule has 0 unspecified atom stereocenters. The van der Waals surface area contributed by atoms with Gasteiger partial charge in [0.05, 0.1) is 11.3 Å². The van der Waals surface area contributed by atoms with E-state index >= 15 is 0 Å². The van der Waals surface area contributed by atoms with Gasteiger partial charge < -0.3 is 10.8 Å². The number of nitrogens with two attached hydrogens (primary N) is 1. The van der Waals surface area contributed by atoms with Crippen LogP contribution in [-0.4, -0.2) is 22.9 Å².